The number of nitrogens with one attached hydrogen (secondary N) is 1. The normalized spacial score (nSPS) is 17.9. The zero-order valence-corrected chi connectivity index (χ0v) is 11.7. The minimum Gasteiger partial charge on any atom is -0.481 e. The molecule has 2 atom stereocenters. The fraction of sp³-hybridized carbons (Fsp3) is 0.500. The quantitative estimate of drug-likeness (QED) is 0.784. The Balaban J connectivity index is 2.06. The fourth-order valence-corrected chi connectivity index (χ4v) is 2.43. The molecule has 0 bridgehead atoms. The molecule has 1 aromatic rings. The molecule has 0 saturated heterocycles. The summed E-state index contributed by atoms with van der Waals surface area (Å²) in [4.78, 5) is 22.9. The highest BCUT2D eigenvalue weighted by Crippen LogP contribution is 2.34. The van der Waals surface area contributed by atoms with Gasteiger partial charge in [-0.05, 0) is 24.8 Å². The van der Waals surface area contributed by atoms with E-state index in [-0.39, 0.29) is 6.04 Å². The molecular weight excluding hydrogens is 254 g/mol. The van der Waals surface area contributed by atoms with E-state index >= 15 is 0 Å². The number of hydrogen-bond acceptors (Lipinski definition) is 2. The monoisotopic (exact) mass is 275 g/mol. The van der Waals surface area contributed by atoms with Crippen molar-refractivity contribution in [2.45, 2.75) is 38.6 Å². The lowest BCUT2D eigenvalue weighted by atomic mass is 9.79. The Morgan fingerprint density at radius 2 is 1.95 bits per heavy atom. The number of carboxylic acids is 1. The molecule has 0 radical (unpaired) electrons. The van der Waals surface area contributed by atoms with Crippen LogP contribution < -0.4 is 5.32 Å². The van der Waals surface area contributed by atoms with Gasteiger partial charge < -0.3 is 10.4 Å². The number of hydrogen-bond donors (Lipinski definition) is 2. The number of carbonyl (C=O) groups is 2. The summed E-state index contributed by atoms with van der Waals surface area (Å²) in [5, 5.41) is 11.8. The summed E-state index contributed by atoms with van der Waals surface area (Å²) in [7, 11) is 0. The second kappa shape index (κ2) is 6.55. The summed E-state index contributed by atoms with van der Waals surface area (Å²) in [5.41, 5.74) is 1.05. The van der Waals surface area contributed by atoms with E-state index in [0.29, 0.717) is 5.92 Å². The van der Waals surface area contributed by atoms with Gasteiger partial charge in [-0.25, -0.2) is 0 Å². The van der Waals surface area contributed by atoms with Crippen molar-refractivity contribution in [2.75, 3.05) is 0 Å². The molecule has 1 amide bonds. The van der Waals surface area contributed by atoms with Crippen molar-refractivity contribution in [3.8, 4) is 0 Å². The van der Waals surface area contributed by atoms with E-state index in [9.17, 15) is 9.59 Å². The van der Waals surface area contributed by atoms with E-state index in [1.54, 1.807) is 0 Å². The van der Waals surface area contributed by atoms with Gasteiger partial charge >= 0.3 is 5.97 Å². The van der Waals surface area contributed by atoms with Crippen LogP contribution in [0.3, 0.4) is 0 Å². The molecule has 1 aromatic carbocycles. The van der Waals surface area contributed by atoms with Gasteiger partial charge in [0, 0.05) is 0 Å². The van der Waals surface area contributed by atoms with Crippen molar-refractivity contribution >= 4 is 11.9 Å². The van der Waals surface area contributed by atoms with Crippen LogP contribution in [0, 0.1) is 11.8 Å². The zero-order chi connectivity index (χ0) is 14.5. The maximum Gasteiger partial charge on any atom is 0.315 e. The van der Waals surface area contributed by atoms with E-state index < -0.39 is 17.8 Å². The van der Waals surface area contributed by atoms with E-state index in [4.69, 9.17) is 5.11 Å². The molecule has 1 saturated carbocycles. The molecule has 2 unspecified atom stereocenters. The van der Waals surface area contributed by atoms with Crippen molar-refractivity contribution in [3.05, 3.63) is 35.9 Å². The molecular formula is C16H21NO3. The molecule has 0 aromatic heterocycles. The molecule has 0 heterocycles. The number of carboxylic acid groups (broad SMARTS) is 1. The van der Waals surface area contributed by atoms with Crippen LogP contribution >= 0.6 is 0 Å². The first-order valence-corrected chi connectivity index (χ1v) is 7.16. The number of aliphatic carboxylic acids is 1. The first-order chi connectivity index (χ1) is 9.58. The zero-order valence-electron chi connectivity index (χ0n) is 11.7. The lowest BCUT2D eigenvalue weighted by Gasteiger charge is -2.30. The van der Waals surface area contributed by atoms with Gasteiger partial charge in [0.2, 0.25) is 5.91 Å². The smallest absolute Gasteiger partial charge is 0.315 e. The van der Waals surface area contributed by atoms with Crippen LogP contribution in [0.25, 0.3) is 0 Å². The van der Waals surface area contributed by atoms with Crippen molar-refractivity contribution in [1.82, 2.24) is 5.32 Å². The van der Waals surface area contributed by atoms with Crippen LogP contribution in [0.1, 0.15) is 44.2 Å². The summed E-state index contributed by atoms with van der Waals surface area (Å²) in [6.45, 7) is 1.42. The molecule has 1 aliphatic carbocycles. The van der Waals surface area contributed by atoms with E-state index in [2.05, 4.69) is 5.32 Å². The molecule has 2 rings (SSSR count). The summed E-state index contributed by atoms with van der Waals surface area (Å²) >= 11 is 0. The number of carbonyl (C=O) groups excluding carboxylic acids is 1. The third-order valence-corrected chi connectivity index (χ3v) is 4.08. The van der Waals surface area contributed by atoms with Gasteiger partial charge in [-0.2, -0.15) is 0 Å². The lowest BCUT2D eigenvalue weighted by molar-refractivity contribution is -0.146. The molecule has 108 valence electrons. The minimum absolute atomic E-state index is 0.0872. The largest absolute Gasteiger partial charge is 0.481 e. The molecule has 2 N–H and O–H groups in total. The van der Waals surface area contributed by atoms with Gasteiger partial charge in [0.25, 0.3) is 0 Å². The molecule has 4 nitrogen and oxygen atoms in total. The summed E-state index contributed by atoms with van der Waals surface area (Å²) in [5.74, 6) is -1.87. The van der Waals surface area contributed by atoms with Crippen molar-refractivity contribution in [3.63, 3.8) is 0 Å². The van der Waals surface area contributed by atoms with Gasteiger partial charge in [0.05, 0.1) is 6.04 Å². The van der Waals surface area contributed by atoms with E-state index in [1.165, 1.54) is 26.2 Å². The van der Waals surface area contributed by atoms with Gasteiger partial charge in [-0.1, -0.05) is 49.6 Å². The van der Waals surface area contributed by atoms with Crippen LogP contribution in [0.15, 0.2) is 30.3 Å². The highest BCUT2D eigenvalue weighted by molar-refractivity contribution is 5.96. The van der Waals surface area contributed by atoms with Crippen molar-refractivity contribution in [2.24, 2.45) is 11.8 Å². The molecule has 0 aliphatic heterocycles. The average molecular weight is 275 g/mol. The molecule has 20 heavy (non-hydrogen) atoms. The van der Waals surface area contributed by atoms with E-state index in [1.807, 2.05) is 30.3 Å². The Labute approximate surface area is 119 Å². The van der Waals surface area contributed by atoms with Crippen LogP contribution in [0.2, 0.25) is 0 Å². The number of rotatable bonds is 6. The predicted octanol–water partition coefficient (Wildman–Crippen LogP) is 2.75. The van der Waals surface area contributed by atoms with Gasteiger partial charge in [0.15, 0.2) is 0 Å². The topological polar surface area (TPSA) is 66.4 Å². The minimum atomic E-state index is -1.09. The second-order valence-corrected chi connectivity index (χ2v) is 5.56. The van der Waals surface area contributed by atoms with Gasteiger partial charge in [-0.15, -0.1) is 0 Å². The Kier molecular flexibility index (Phi) is 4.77. The molecule has 4 heteroatoms. The Morgan fingerprint density at radius 1 is 1.30 bits per heavy atom. The summed E-state index contributed by atoms with van der Waals surface area (Å²) < 4.78 is 0. The lowest BCUT2D eigenvalue weighted by Crippen LogP contribution is -2.37. The SMILES string of the molecule is CC(C(=O)O)C(=O)NC(CC1CCC1)c1ccccc1. The predicted molar refractivity (Wildman–Crippen MR) is 76.1 cm³/mol. The second-order valence-electron chi connectivity index (χ2n) is 5.56. The molecule has 0 spiro atoms. The summed E-state index contributed by atoms with van der Waals surface area (Å²) in [6, 6.07) is 9.69. The van der Waals surface area contributed by atoms with Crippen molar-refractivity contribution < 1.29 is 14.7 Å². The summed E-state index contributed by atoms with van der Waals surface area (Å²) in [6.07, 6.45) is 4.55. The highest BCUT2D eigenvalue weighted by Gasteiger charge is 2.27. The average Bonchev–Trinajstić information content (AvgIpc) is 2.41. The Morgan fingerprint density at radius 3 is 2.45 bits per heavy atom. The Bertz CT molecular complexity index is 468. The van der Waals surface area contributed by atoms with E-state index in [0.717, 1.165) is 12.0 Å². The fourth-order valence-electron chi connectivity index (χ4n) is 2.43. The van der Waals surface area contributed by atoms with Crippen LogP contribution in [0.5, 0.6) is 0 Å². The molecule has 1 fully saturated rings. The first kappa shape index (κ1) is 14.6. The number of amides is 1. The standard InChI is InChI=1S/C16H21NO3/c1-11(16(19)20)15(18)17-14(10-12-6-5-7-12)13-8-3-2-4-9-13/h2-4,8-9,11-12,14H,5-7,10H2,1H3,(H,17,18)(H,19,20). The van der Waals surface area contributed by atoms with Crippen LogP contribution in [0.4, 0.5) is 0 Å². The number of benzene rings is 1. The van der Waals surface area contributed by atoms with Gasteiger partial charge in [0.1, 0.15) is 5.92 Å². The Hall–Kier alpha value is -1.84. The maximum atomic E-state index is 12.0. The van der Waals surface area contributed by atoms with Crippen molar-refractivity contribution in [1.29, 1.82) is 0 Å². The maximum absolute atomic E-state index is 12.0. The third kappa shape index (κ3) is 3.59. The third-order valence-electron chi connectivity index (χ3n) is 4.08. The van der Waals surface area contributed by atoms with Gasteiger partial charge in [-0.3, -0.25) is 9.59 Å². The van der Waals surface area contributed by atoms with Crippen LogP contribution in [-0.4, -0.2) is 17.0 Å². The molecule has 1 aliphatic rings. The van der Waals surface area contributed by atoms with Crippen LogP contribution in [-0.2, 0) is 9.59 Å². The first-order valence-electron chi connectivity index (χ1n) is 7.16. The highest BCUT2D eigenvalue weighted by atomic mass is 16.4.